The van der Waals surface area contributed by atoms with Gasteiger partial charge in [0.05, 0.1) is 6.26 Å². The minimum atomic E-state index is -4.63. The van der Waals surface area contributed by atoms with Crippen LogP contribution in [-0.4, -0.2) is 28.1 Å². The van der Waals surface area contributed by atoms with Gasteiger partial charge in [0.15, 0.2) is 5.76 Å². The molecule has 2 rings (SSSR count). The highest BCUT2D eigenvalue weighted by atomic mass is 32.1. The summed E-state index contributed by atoms with van der Waals surface area (Å²) in [7, 11) is 0. The van der Waals surface area contributed by atoms with Crippen LogP contribution in [0.3, 0.4) is 0 Å². The molecule has 130 valence electrons. The molecule has 0 fully saturated rings. The molecule has 0 aliphatic rings. The van der Waals surface area contributed by atoms with Gasteiger partial charge in [-0.3, -0.25) is 14.9 Å². The fourth-order valence-corrected chi connectivity index (χ4v) is 2.34. The van der Waals surface area contributed by atoms with E-state index in [4.69, 9.17) is 4.42 Å². The van der Waals surface area contributed by atoms with Crippen molar-refractivity contribution in [3.63, 3.8) is 0 Å². The lowest BCUT2D eigenvalue weighted by Gasteiger charge is -2.20. The predicted molar refractivity (Wildman–Crippen MR) is 78.3 cm³/mol. The van der Waals surface area contributed by atoms with Gasteiger partial charge in [-0.05, 0) is 18.1 Å². The average molecular weight is 362 g/mol. The monoisotopic (exact) mass is 362 g/mol. The van der Waals surface area contributed by atoms with Crippen LogP contribution in [0.5, 0.6) is 0 Å². The van der Waals surface area contributed by atoms with E-state index in [-0.39, 0.29) is 28.1 Å². The van der Waals surface area contributed by atoms with Gasteiger partial charge in [0.1, 0.15) is 6.04 Å². The van der Waals surface area contributed by atoms with Crippen molar-refractivity contribution in [1.82, 2.24) is 15.5 Å². The summed E-state index contributed by atoms with van der Waals surface area (Å²) in [5, 5.41) is 9.48. The van der Waals surface area contributed by atoms with Gasteiger partial charge in [0.2, 0.25) is 16.0 Å². The SMILES string of the molecule is CC(C)C(NC(=O)c1ccco1)C(=O)Nc1nnc(C(F)(F)F)s1. The van der Waals surface area contributed by atoms with Crippen molar-refractivity contribution in [1.29, 1.82) is 0 Å². The Morgan fingerprint density at radius 2 is 2.00 bits per heavy atom. The Morgan fingerprint density at radius 3 is 2.50 bits per heavy atom. The zero-order valence-corrected chi connectivity index (χ0v) is 13.4. The number of hydrogen-bond donors (Lipinski definition) is 2. The fraction of sp³-hybridized carbons (Fsp3) is 0.385. The Morgan fingerprint density at radius 1 is 1.29 bits per heavy atom. The third-order valence-corrected chi connectivity index (χ3v) is 3.76. The first-order valence-electron chi connectivity index (χ1n) is 6.74. The van der Waals surface area contributed by atoms with Crippen LogP contribution in [0.1, 0.15) is 29.4 Å². The van der Waals surface area contributed by atoms with Gasteiger partial charge in [-0.25, -0.2) is 0 Å². The number of anilines is 1. The molecule has 0 aromatic carbocycles. The second-order valence-electron chi connectivity index (χ2n) is 5.07. The van der Waals surface area contributed by atoms with E-state index >= 15 is 0 Å². The maximum Gasteiger partial charge on any atom is 0.445 e. The quantitative estimate of drug-likeness (QED) is 0.852. The Labute approximate surface area is 138 Å². The van der Waals surface area contributed by atoms with Crippen molar-refractivity contribution in [2.45, 2.75) is 26.1 Å². The molecule has 2 aromatic rings. The Hall–Kier alpha value is -2.43. The highest BCUT2D eigenvalue weighted by Crippen LogP contribution is 2.33. The van der Waals surface area contributed by atoms with Crippen LogP contribution < -0.4 is 10.6 Å². The van der Waals surface area contributed by atoms with Crippen LogP contribution in [0.15, 0.2) is 22.8 Å². The lowest BCUT2D eigenvalue weighted by molar-refractivity contribution is -0.138. The molecule has 0 saturated carbocycles. The summed E-state index contributed by atoms with van der Waals surface area (Å²) >= 11 is 0.204. The van der Waals surface area contributed by atoms with Gasteiger partial charge in [-0.2, -0.15) is 13.2 Å². The van der Waals surface area contributed by atoms with E-state index in [2.05, 4.69) is 20.8 Å². The molecule has 24 heavy (non-hydrogen) atoms. The minimum Gasteiger partial charge on any atom is -0.459 e. The van der Waals surface area contributed by atoms with E-state index < -0.39 is 29.0 Å². The van der Waals surface area contributed by atoms with E-state index in [1.54, 1.807) is 13.8 Å². The summed E-state index contributed by atoms with van der Waals surface area (Å²) in [4.78, 5) is 24.2. The molecule has 2 aromatic heterocycles. The van der Waals surface area contributed by atoms with Gasteiger partial charge in [-0.15, -0.1) is 10.2 Å². The zero-order chi connectivity index (χ0) is 17.9. The topological polar surface area (TPSA) is 97.1 Å². The number of nitrogens with zero attached hydrogens (tertiary/aromatic N) is 2. The number of halogens is 3. The van der Waals surface area contributed by atoms with Crippen LogP contribution in [0.25, 0.3) is 0 Å². The third kappa shape index (κ3) is 4.31. The van der Waals surface area contributed by atoms with Crippen molar-refractivity contribution < 1.29 is 27.2 Å². The standard InChI is InChI=1S/C13H13F3N4O3S/c1-6(2)8(17-9(21)7-4-3-5-23-7)10(22)18-12-20-19-11(24-12)13(14,15)16/h3-6,8H,1-2H3,(H,17,21)(H,18,20,22). The molecule has 2 amide bonds. The first-order valence-corrected chi connectivity index (χ1v) is 7.56. The first-order chi connectivity index (χ1) is 11.2. The molecular weight excluding hydrogens is 349 g/mol. The lowest BCUT2D eigenvalue weighted by Crippen LogP contribution is -2.47. The summed E-state index contributed by atoms with van der Waals surface area (Å²) in [6.45, 7) is 3.35. The summed E-state index contributed by atoms with van der Waals surface area (Å²) in [6, 6.07) is 1.95. The maximum absolute atomic E-state index is 12.5. The van der Waals surface area contributed by atoms with E-state index in [0.29, 0.717) is 0 Å². The van der Waals surface area contributed by atoms with Crippen LogP contribution in [-0.2, 0) is 11.0 Å². The van der Waals surface area contributed by atoms with Crippen molar-refractivity contribution in [3.05, 3.63) is 29.2 Å². The number of furan rings is 1. The van der Waals surface area contributed by atoms with Crippen molar-refractivity contribution in [3.8, 4) is 0 Å². The van der Waals surface area contributed by atoms with Crippen LogP contribution >= 0.6 is 11.3 Å². The zero-order valence-electron chi connectivity index (χ0n) is 12.5. The Balaban J connectivity index is 2.06. The molecule has 0 bridgehead atoms. The lowest BCUT2D eigenvalue weighted by atomic mass is 10.0. The highest BCUT2D eigenvalue weighted by molar-refractivity contribution is 7.15. The number of nitrogens with one attached hydrogen (secondary N) is 2. The molecule has 2 heterocycles. The Kier molecular flexibility index (Phi) is 5.22. The summed E-state index contributed by atoms with van der Waals surface area (Å²) in [5.74, 6) is -1.61. The molecule has 0 spiro atoms. The van der Waals surface area contributed by atoms with Gasteiger partial charge in [0.25, 0.3) is 5.91 Å². The molecule has 11 heteroatoms. The fourth-order valence-electron chi connectivity index (χ4n) is 1.73. The molecule has 1 atom stereocenters. The number of amides is 2. The molecule has 7 nitrogen and oxygen atoms in total. The number of rotatable bonds is 5. The molecule has 1 unspecified atom stereocenters. The molecule has 0 aliphatic carbocycles. The van der Waals surface area contributed by atoms with Crippen molar-refractivity contribution in [2.75, 3.05) is 5.32 Å². The first kappa shape index (κ1) is 17.9. The number of aromatic nitrogens is 2. The molecule has 0 radical (unpaired) electrons. The van der Waals surface area contributed by atoms with E-state index in [1.807, 2.05) is 0 Å². The van der Waals surface area contributed by atoms with Gasteiger partial charge < -0.3 is 9.73 Å². The van der Waals surface area contributed by atoms with E-state index in [0.717, 1.165) is 0 Å². The van der Waals surface area contributed by atoms with Crippen molar-refractivity contribution in [2.24, 2.45) is 5.92 Å². The maximum atomic E-state index is 12.5. The average Bonchev–Trinajstić information content (AvgIpc) is 3.14. The van der Waals surface area contributed by atoms with Gasteiger partial charge in [0, 0.05) is 0 Å². The molecule has 0 aliphatic heterocycles. The Bertz CT molecular complexity index is 712. The summed E-state index contributed by atoms with van der Waals surface area (Å²) in [6.07, 6.45) is -3.33. The minimum absolute atomic E-state index is 0.0173. The largest absolute Gasteiger partial charge is 0.459 e. The number of hydrogen-bond acceptors (Lipinski definition) is 6. The number of carbonyl (C=O) groups excluding carboxylic acids is 2. The third-order valence-electron chi connectivity index (χ3n) is 2.88. The highest BCUT2D eigenvalue weighted by Gasteiger charge is 2.36. The van der Waals surface area contributed by atoms with Gasteiger partial charge >= 0.3 is 6.18 Å². The summed E-state index contributed by atoms with van der Waals surface area (Å²) in [5.41, 5.74) is 0. The molecule has 0 saturated heterocycles. The van der Waals surface area contributed by atoms with Crippen LogP contribution in [0, 0.1) is 5.92 Å². The number of carbonyl (C=O) groups is 2. The normalized spacial score (nSPS) is 12.9. The van der Waals surface area contributed by atoms with Crippen LogP contribution in [0.2, 0.25) is 0 Å². The smallest absolute Gasteiger partial charge is 0.445 e. The number of alkyl halides is 3. The van der Waals surface area contributed by atoms with E-state index in [9.17, 15) is 22.8 Å². The van der Waals surface area contributed by atoms with Crippen molar-refractivity contribution >= 4 is 28.3 Å². The second-order valence-corrected chi connectivity index (χ2v) is 6.05. The van der Waals surface area contributed by atoms with E-state index in [1.165, 1.54) is 18.4 Å². The van der Waals surface area contributed by atoms with Crippen LogP contribution in [0.4, 0.5) is 18.3 Å². The summed E-state index contributed by atoms with van der Waals surface area (Å²) < 4.78 is 42.4. The second kappa shape index (κ2) is 6.99. The molecule has 2 N–H and O–H groups in total. The van der Waals surface area contributed by atoms with Gasteiger partial charge in [-0.1, -0.05) is 25.2 Å². The predicted octanol–water partition coefficient (Wildman–Crippen LogP) is 2.54. The molecular formula is C13H13F3N4O3S.